The Morgan fingerprint density at radius 2 is 2.30 bits per heavy atom. The minimum absolute atomic E-state index is 0.0438. The molecule has 1 aliphatic rings. The van der Waals surface area contributed by atoms with E-state index in [2.05, 4.69) is 20.7 Å². The van der Waals surface area contributed by atoms with Crippen LogP contribution < -0.4 is 5.32 Å². The zero-order chi connectivity index (χ0) is 16.3. The second-order valence-electron chi connectivity index (χ2n) is 6.05. The third-order valence-corrected chi connectivity index (χ3v) is 4.32. The molecule has 1 aromatic heterocycles. The summed E-state index contributed by atoms with van der Waals surface area (Å²) in [6.07, 6.45) is 2.08. The fraction of sp³-hybridized carbons (Fsp3) is 0.438. The fourth-order valence-corrected chi connectivity index (χ4v) is 2.90. The molecule has 2 aromatic rings. The van der Waals surface area contributed by atoms with Gasteiger partial charge in [-0.05, 0) is 24.5 Å². The van der Waals surface area contributed by atoms with E-state index in [1.54, 1.807) is 0 Å². The number of nitrogens with zero attached hydrogens (tertiary/aromatic N) is 3. The van der Waals surface area contributed by atoms with Crippen LogP contribution in [0.5, 0.6) is 0 Å². The van der Waals surface area contributed by atoms with Gasteiger partial charge in [-0.2, -0.15) is 15.4 Å². The van der Waals surface area contributed by atoms with Crippen molar-refractivity contribution in [2.75, 3.05) is 19.6 Å². The summed E-state index contributed by atoms with van der Waals surface area (Å²) in [7, 11) is 0. The molecular formula is C16H21N5O2. The van der Waals surface area contributed by atoms with Gasteiger partial charge in [0, 0.05) is 19.6 Å². The molecule has 1 saturated heterocycles. The van der Waals surface area contributed by atoms with Crippen LogP contribution in [0.2, 0.25) is 0 Å². The average Bonchev–Trinajstić information content (AvgIpc) is 3.17. The largest absolute Gasteiger partial charge is 0.382 e. The van der Waals surface area contributed by atoms with Gasteiger partial charge in [0.05, 0.1) is 12.7 Å². The zero-order valence-electron chi connectivity index (χ0n) is 13.1. The van der Waals surface area contributed by atoms with Crippen LogP contribution in [0.15, 0.2) is 30.5 Å². The molecule has 122 valence electrons. The van der Waals surface area contributed by atoms with Crippen molar-refractivity contribution in [1.82, 2.24) is 25.6 Å². The lowest BCUT2D eigenvalue weighted by Crippen LogP contribution is -2.38. The van der Waals surface area contributed by atoms with E-state index in [0.717, 1.165) is 11.1 Å². The first kappa shape index (κ1) is 15.6. The minimum atomic E-state index is -1.02. The second kappa shape index (κ2) is 6.47. The maximum atomic E-state index is 12.1. The van der Waals surface area contributed by atoms with Gasteiger partial charge in [-0.25, -0.2) is 0 Å². The first-order valence-electron chi connectivity index (χ1n) is 7.69. The predicted octanol–water partition coefficient (Wildman–Crippen LogP) is 0.323. The Bertz CT molecular complexity index is 673. The van der Waals surface area contributed by atoms with Crippen LogP contribution in [0.4, 0.5) is 0 Å². The summed E-state index contributed by atoms with van der Waals surface area (Å²) in [5.41, 5.74) is 1.78. The topological polar surface area (TPSA) is 94.1 Å². The number of aryl methyl sites for hydroxylation is 1. The molecule has 0 saturated carbocycles. The molecule has 1 fully saturated rings. The van der Waals surface area contributed by atoms with Crippen LogP contribution in [0.25, 0.3) is 0 Å². The number of hydrogen-bond donors (Lipinski definition) is 3. The molecule has 7 nitrogen and oxygen atoms in total. The van der Waals surface area contributed by atoms with E-state index >= 15 is 0 Å². The Balaban J connectivity index is 1.50. The van der Waals surface area contributed by atoms with Crippen molar-refractivity contribution >= 4 is 5.91 Å². The van der Waals surface area contributed by atoms with E-state index in [0.29, 0.717) is 31.7 Å². The summed E-state index contributed by atoms with van der Waals surface area (Å²) < 4.78 is 0. The first-order chi connectivity index (χ1) is 11.1. The summed E-state index contributed by atoms with van der Waals surface area (Å²) in [6.45, 7) is 3.86. The van der Waals surface area contributed by atoms with Crippen LogP contribution in [-0.4, -0.2) is 51.0 Å². The van der Waals surface area contributed by atoms with Crippen LogP contribution in [-0.2, 0) is 16.9 Å². The summed E-state index contributed by atoms with van der Waals surface area (Å²) in [5.74, 6) is -0.0438. The molecule has 1 amide bonds. The molecule has 3 N–H and O–H groups in total. The highest BCUT2D eigenvalue weighted by Gasteiger charge is 2.40. The van der Waals surface area contributed by atoms with Gasteiger partial charge in [-0.1, -0.05) is 24.3 Å². The van der Waals surface area contributed by atoms with Gasteiger partial charge < -0.3 is 10.4 Å². The number of H-pyrrole nitrogens is 1. The molecule has 0 radical (unpaired) electrons. The van der Waals surface area contributed by atoms with Crippen LogP contribution in [0.3, 0.4) is 0 Å². The molecule has 0 spiro atoms. The Morgan fingerprint density at radius 3 is 3.04 bits per heavy atom. The van der Waals surface area contributed by atoms with Crippen molar-refractivity contribution in [2.24, 2.45) is 0 Å². The normalized spacial score (nSPS) is 21.5. The number of aromatic nitrogens is 3. The number of likely N-dealkylation sites (tertiary alicyclic amines) is 1. The average molecular weight is 315 g/mol. The number of hydrogen-bond acceptors (Lipinski definition) is 5. The Kier molecular flexibility index (Phi) is 4.40. The predicted molar refractivity (Wildman–Crippen MR) is 84.4 cm³/mol. The maximum absolute atomic E-state index is 12.1. The maximum Gasteiger partial charge on any atom is 0.234 e. The van der Waals surface area contributed by atoms with Crippen LogP contribution >= 0.6 is 0 Å². The van der Waals surface area contributed by atoms with E-state index in [4.69, 9.17) is 0 Å². The SMILES string of the molecule is Cc1ccccc1CNC(=O)CN1CCC(O)(c2cn[nH]n2)C1. The van der Waals surface area contributed by atoms with Crippen LogP contribution in [0, 0.1) is 6.92 Å². The van der Waals surface area contributed by atoms with E-state index in [-0.39, 0.29) is 12.5 Å². The third kappa shape index (κ3) is 3.57. The number of β-amino-alcohol motifs (C(OH)–C–C–N with tert-alkyl or cyclic N) is 1. The molecule has 1 atom stereocenters. The van der Waals surface area contributed by atoms with Gasteiger partial charge in [0.15, 0.2) is 0 Å². The van der Waals surface area contributed by atoms with Crippen molar-refractivity contribution in [3.63, 3.8) is 0 Å². The zero-order valence-corrected chi connectivity index (χ0v) is 13.1. The molecule has 7 heteroatoms. The summed E-state index contributed by atoms with van der Waals surface area (Å²) >= 11 is 0. The highest BCUT2D eigenvalue weighted by molar-refractivity contribution is 5.78. The molecule has 0 aliphatic carbocycles. The van der Waals surface area contributed by atoms with Gasteiger partial charge >= 0.3 is 0 Å². The number of aliphatic hydroxyl groups is 1. The number of carbonyl (C=O) groups is 1. The first-order valence-corrected chi connectivity index (χ1v) is 7.69. The minimum Gasteiger partial charge on any atom is -0.382 e. The molecule has 2 heterocycles. The van der Waals surface area contributed by atoms with Gasteiger partial charge in [-0.15, -0.1) is 0 Å². The Morgan fingerprint density at radius 1 is 1.48 bits per heavy atom. The van der Waals surface area contributed by atoms with E-state index in [1.807, 2.05) is 36.1 Å². The standard InChI is InChI=1S/C16H21N5O2/c1-12-4-2-3-5-13(12)8-17-15(22)10-21-7-6-16(23,11-21)14-9-18-20-19-14/h2-5,9,23H,6-8,10-11H2,1H3,(H,17,22)(H,18,19,20). The van der Waals surface area contributed by atoms with Crippen molar-refractivity contribution in [1.29, 1.82) is 0 Å². The quantitative estimate of drug-likeness (QED) is 0.739. The van der Waals surface area contributed by atoms with Gasteiger partial charge in [-0.3, -0.25) is 9.69 Å². The lowest BCUT2D eigenvalue weighted by atomic mass is 10.0. The van der Waals surface area contributed by atoms with E-state index in [9.17, 15) is 9.90 Å². The van der Waals surface area contributed by atoms with E-state index in [1.165, 1.54) is 6.20 Å². The molecule has 23 heavy (non-hydrogen) atoms. The molecule has 3 rings (SSSR count). The number of amides is 1. The Hall–Kier alpha value is -2.25. The summed E-state index contributed by atoms with van der Waals surface area (Å²) in [4.78, 5) is 14.0. The summed E-state index contributed by atoms with van der Waals surface area (Å²) in [6, 6.07) is 7.98. The second-order valence-corrected chi connectivity index (χ2v) is 6.05. The van der Waals surface area contributed by atoms with E-state index < -0.39 is 5.60 Å². The van der Waals surface area contributed by atoms with Gasteiger partial charge in [0.2, 0.25) is 5.91 Å². The molecule has 0 bridgehead atoms. The van der Waals surface area contributed by atoms with Gasteiger partial charge in [0.1, 0.15) is 11.3 Å². The molecule has 1 aliphatic heterocycles. The highest BCUT2D eigenvalue weighted by atomic mass is 16.3. The van der Waals surface area contributed by atoms with Crippen molar-refractivity contribution in [3.05, 3.63) is 47.3 Å². The highest BCUT2D eigenvalue weighted by Crippen LogP contribution is 2.29. The van der Waals surface area contributed by atoms with Crippen molar-refractivity contribution in [3.8, 4) is 0 Å². The molecule has 1 unspecified atom stereocenters. The Labute approximate surface area is 134 Å². The smallest absolute Gasteiger partial charge is 0.234 e. The van der Waals surface area contributed by atoms with Crippen LogP contribution in [0.1, 0.15) is 23.2 Å². The van der Waals surface area contributed by atoms with Crippen molar-refractivity contribution in [2.45, 2.75) is 25.5 Å². The number of benzene rings is 1. The monoisotopic (exact) mass is 315 g/mol. The molecule has 1 aromatic carbocycles. The number of rotatable bonds is 5. The fourth-order valence-electron chi connectivity index (χ4n) is 2.90. The van der Waals surface area contributed by atoms with Gasteiger partial charge in [0.25, 0.3) is 0 Å². The number of aromatic amines is 1. The third-order valence-electron chi connectivity index (χ3n) is 4.32. The van der Waals surface area contributed by atoms with Crippen molar-refractivity contribution < 1.29 is 9.90 Å². The lowest BCUT2D eigenvalue weighted by molar-refractivity contribution is -0.122. The number of nitrogens with one attached hydrogen (secondary N) is 2. The summed E-state index contributed by atoms with van der Waals surface area (Å²) in [5, 5.41) is 23.7. The number of carbonyl (C=O) groups excluding carboxylic acids is 1. The molecular weight excluding hydrogens is 294 g/mol. The lowest BCUT2D eigenvalue weighted by Gasteiger charge is -2.20.